The Balaban J connectivity index is 1.73. The molecule has 0 fully saturated rings. The van der Waals surface area contributed by atoms with E-state index in [0.717, 1.165) is 0 Å². The number of rotatable bonds is 6. The van der Waals surface area contributed by atoms with Gasteiger partial charge in [-0.25, -0.2) is 0 Å². The third-order valence-electron chi connectivity index (χ3n) is 3.57. The maximum atomic E-state index is 12.2. The highest BCUT2D eigenvalue weighted by Crippen LogP contribution is 2.37. The number of Topliss-reactive ketones (excluding diaryl/α,β-unsaturated/α-hetero) is 1. The van der Waals surface area contributed by atoms with Crippen molar-refractivity contribution < 1.29 is 28.6 Å². The minimum absolute atomic E-state index is 0.0651. The Hall–Kier alpha value is -3.35. The summed E-state index contributed by atoms with van der Waals surface area (Å²) in [7, 11) is 0. The maximum absolute atomic E-state index is 12.2. The lowest BCUT2D eigenvalue weighted by atomic mass is 10.1. The average Bonchev–Trinajstić information content (AvgIpc) is 3.06. The molecule has 3 rings (SSSR count). The van der Waals surface area contributed by atoms with Crippen LogP contribution in [0.5, 0.6) is 17.2 Å². The number of hydrogen-bond donors (Lipinski definition) is 1. The van der Waals surface area contributed by atoms with Gasteiger partial charge < -0.3 is 19.5 Å². The number of ether oxygens (including phenoxy) is 3. The second kappa shape index (κ2) is 7.04. The normalized spacial score (nSPS) is 11.7. The predicted octanol–water partition coefficient (Wildman–Crippen LogP) is 2.45. The van der Waals surface area contributed by atoms with Gasteiger partial charge in [-0.3, -0.25) is 14.4 Å². The van der Waals surface area contributed by atoms with E-state index in [0.29, 0.717) is 40.3 Å². The van der Waals surface area contributed by atoms with Crippen LogP contribution in [0.4, 0.5) is 5.69 Å². The molecule has 0 atom stereocenters. The Labute approximate surface area is 143 Å². The van der Waals surface area contributed by atoms with E-state index in [4.69, 9.17) is 14.2 Å². The summed E-state index contributed by atoms with van der Waals surface area (Å²) in [5, 5.41) is 2.62. The lowest BCUT2D eigenvalue weighted by Crippen LogP contribution is -2.21. The molecule has 0 aliphatic carbocycles. The van der Waals surface area contributed by atoms with Crippen LogP contribution in [0.15, 0.2) is 36.4 Å². The van der Waals surface area contributed by atoms with Crippen molar-refractivity contribution in [3.63, 3.8) is 0 Å². The van der Waals surface area contributed by atoms with E-state index < -0.39 is 5.91 Å². The third-order valence-corrected chi connectivity index (χ3v) is 3.57. The maximum Gasteiger partial charge on any atom is 0.262 e. The Morgan fingerprint density at radius 3 is 2.64 bits per heavy atom. The van der Waals surface area contributed by atoms with Crippen molar-refractivity contribution >= 4 is 23.7 Å². The van der Waals surface area contributed by atoms with Crippen molar-refractivity contribution in [2.45, 2.75) is 6.92 Å². The lowest BCUT2D eigenvalue weighted by Gasteiger charge is -2.12. The molecule has 0 bridgehead atoms. The second-order valence-electron chi connectivity index (χ2n) is 5.30. The van der Waals surface area contributed by atoms with E-state index in [1.807, 2.05) is 0 Å². The van der Waals surface area contributed by atoms with Gasteiger partial charge in [0.05, 0.1) is 11.3 Å². The molecule has 1 heterocycles. The molecule has 1 N–H and O–H groups in total. The summed E-state index contributed by atoms with van der Waals surface area (Å²) in [5.74, 6) is 0.528. The number of aldehydes is 1. The largest absolute Gasteiger partial charge is 0.483 e. The molecule has 128 valence electrons. The van der Waals surface area contributed by atoms with Crippen molar-refractivity contribution in [2.24, 2.45) is 0 Å². The molecule has 2 aromatic carbocycles. The van der Waals surface area contributed by atoms with Gasteiger partial charge in [-0.15, -0.1) is 0 Å². The molecule has 0 aromatic heterocycles. The van der Waals surface area contributed by atoms with Crippen molar-refractivity contribution in [3.8, 4) is 17.2 Å². The molecular formula is C18H15NO6. The minimum atomic E-state index is -0.470. The molecule has 0 unspecified atom stereocenters. The van der Waals surface area contributed by atoms with Crippen molar-refractivity contribution in [2.75, 3.05) is 18.7 Å². The zero-order valence-electron chi connectivity index (χ0n) is 13.4. The highest BCUT2D eigenvalue weighted by atomic mass is 16.7. The summed E-state index contributed by atoms with van der Waals surface area (Å²) < 4.78 is 15.9. The predicted molar refractivity (Wildman–Crippen MR) is 88.5 cm³/mol. The number of fused-ring (bicyclic) bond motifs is 1. The summed E-state index contributed by atoms with van der Waals surface area (Å²) in [6.45, 7) is 1.15. The van der Waals surface area contributed by atoms with Gasteiger partial charge in [-0.1, -0.05) is 12.1 Å². The van der Waals surface area contributed by atoms with Crippen LogP contribution in [0.25, 0.3) is 0 Å². The number of carbonyl (C=O) groups excluding carboxylic acids is 3. The fourth-order valence-corrected chi connectivity index (χ4v) is 2.38. The van der Waals surface area contributed by atoms with E-state index in [2.05, 4.69) is 5.32 Å². The molecular weight excluding hydrogens is 326 g/mol. The van der Waals surface area contributed by atoms with Gasteiger partial charge in [0.25, 0.3) is 5.91 Å². The van der Waals surface area contributed by atoms with Crippen LogP contribution in [-0.2, 0) is 4.79 Å². The smallest absolute Gasteiger partial charge is 0.262 e. The van der Waals surface area contributed by atoms with Crippen molar-refractivity contribution in [3.05, 3.63) is 47.5 Å². The standard InChI is InChI=1S/C18H15NO6/c1-11(21)13-6-16-17(25-10-24-16)7-14(13)19-18(22)9-23-15-5-3-2-4-12(15)8-20/h2-8H,9-10H2,1H3,(H,19,22). The summed E-state index contributed by atoms with van der Waals surface area (Å²) >= 11 is 0. The van der Waals surface area contributed by atoms with E-state index in [-0.39, 0.29) is 19.2 Å². The molecule has 7 nitrogen and oxygen atoms in total. The first-order chi connectivity index (χ1) is 12.1. The number of carbonyl (C=O) groups is 3. The zero-order chi connectivity index (χ0) is 17.8. The third kappa shape index (κ3) is 3.60. The topological polar surface area (TPSA) is 90.9 Å². The van der Waals surface area contributed by atoms with Crippen molar-refractivity contribution in [1.82, 2.24) is 0 Å². The zero-order valence-corrected chi connectivity index (χ0v) is 13.4. The molecule has 1 aliphatic rings. The summed E-state index contributed by atoms with van der Waals surface area (Å²) in [4.78, 5) is 34.9. The average molecular weight is 341 g/mol. The molecule has 0 saturated heterocycles. The van der Waals surface area contributed by atoms with Crippen LogP contribution in [0.3, 0.4) is 0 Å². The highest BCUT2D eigenvalue weighted by Gasteiger charge is 2.20. The molecule has 1 aliphatic heterocycles. The van der Waals surface area contributed by atoms with Gasteiger partial charge in [0.2, 0.25) is 6.79 Å². The second-order valence-corrected chi connectivity index (χ2v) is 5.30. The van der Waals surface area contributed by atoms with E-state index >= 15 is 0 Å². The van der Waals surface area contributed by atoms with Gasteiger partial charge in [-0.05, 0) is 25.1 Å². The van der Waals surface area contributed by atoms with Gasteiger partial charge in [-0.2, -0.15) is 0 Å². The van der Waals surface area contributed by atoms with Gasteiger partial charge in [0.15, 0.2) is 30.2 Å². The Bertz CT molecular complexity index is 845. The quantitative estimate of drug-likeness (QED) is 0.641. The molecule has 0 saturated carbocycles. The van der Waals surface area contributed by atoms with Crippen LogP contribution in [0.1, 0.15) is 27.6 Å². The SMILES string of the molecule is CC(=O)c1cc2c(cc1NC(=O)COc1ccccc1C=O)OCO2. The molecule has 7 heteroatoms. The highest BCUT2D eigenvalue weighted by molar-refractivity contribution is 6.04. The Morgan fingerprint density at radius 2 is 1.92 bits per heavy atom. The van der Waals surface area contributed by atoms with E-state index in [9.17, 15) is 14.4 Å². The Kier molecular flexibility index (Phi) is 4.65. The number of para-hydroxylation sites is 1. The molecule has 25 heavy (non-hydrogen) atoms. The molecule has 0 radical (unpaired) electrons. The first-order valence-corrected chi connectivity index (χ1v) is 7.50. The number of anilines is 1. The molecule has 1 amide bonds. The first kappa shape index (κ1) is 16.5. The molecule has 2 aromatic rings. The number of ketones is 1. The van der Waals surface area contributed by atoms with E-state index in [1.165, 1.54) is 19.1 Å². The monoisotopic (exact) mass is 341 g/mol. The fourth-order valence-electron chi connectivity index (χ4n) is 2.38. The number of benzene rings is 2. The van der Waals surface area contributed by atoms with Gasteiger partial charge in [0, 0.05) is 11.6 Å². The van der Waals surface area contributed by atoms with Crippen LogP contribution < -0.4 is 19.5 Å². The fraction of sp³-hybridized carbons (Fsp3) is 0.167. The first-order valence-electron chi connectivity index (χ1n) is 7.50. The Morgan fingerprint density at radius 1 is 1.20 bits per heavy atom. The van der Waals surface area contributed by atoms with Crippen LogP contribution >= 0.6 is 0 Å². The van der Waals surface area contributed by atoms with Gasteiger partial charge in [0.1, 0.15) is 5.75 Å². The minimum Gasteiger partial charge on any atom is -0.483 e. The number of hydrogen-bond acceptors (Lipinski definition) is 6. The summed E-state index contributed by atoms with van der Waals surface area (Å²) in [5.41, 5.74) is 0.975. The number of nitrogens with one attached hydrogen (secondary N) is 1. The van der Waals surface area contributed by atoms with E-state index in [1.54, 1.807) is 24.3 Å². The summed E-state index contributed by atoms with van der Waals surface area (Å²) in [6.07, 6.45) is 0.652. The van der Waals surface area contributed by atoms with Gasteiger partial charge >= 0.3 is 0 Å². The summed E-state index contributed by atoms with van der Waals surface area (Å²) in [6, 6.07) is 9.65. The van der Waals surface area contributed by atoms with Crippen LogP contribution in [-0.4, -0.2) is 31.4 Å². The van der Waals surface area contributed by atoms with Crippen LogP contribution in [0, 0.1) is 0 Å². The van der Waals surface area contributed by atoms with Crippen molar-refractivity contribution in [1.29, 1.82) is 0 Å². The molecule has 0 spiro atoms. The van der Waals surface area contributed by atoms with Crippen LogP contribution in [0.2, 0.25) is 0 Å². The number of amides is 1. The lowest BCUT2D eigenvalue weighted by molar-refractivity contribution is -0.118.